The predicted molar refractivity (Wildman–Crippen MR) is 152 cm³/mol. The number of benzene rings is 2. The minimum absolute atomic E-state index is 0.137. The number of nitrogens with one attached hydrogen (secondary N) is 2. The van der Waals surface area contributed by atoms with Crippen LogP contribution in [0.4, 0.5) is 0 Å². The normalized spacial score (nSPS) is 19.6. The molecule has 0 spiro atoms. The minimum Gasteiger partial charge on any atom is -0.491 e. The van der Waals surface area contributed by atoms with Gasteiger partial charge >= 0.3 is 0 Å². The highest BCUT2D eigenvalue weighted by molar-refractivity contribution is 6.00. The number of hydrogen-bond donors (Lipinski definition) is 2. The fourth-order valence-corrected chi connectivity index (χ4v) is 4.84. The van der Waals surface area contributed by atoms with E-state index in [2.05, 4.69) is 15.5 Å². The van der Waals surface area contributed by atoms with Crippen LogP contribution in [0, 0.1) is 0 Å². The smallest absolute Gasteiger partial charge is 0.255 e. The third-order valence-electron chi connectivity index (χ3n) is 7.25. The van der Waals surface area contributed by atoms with Gasteiger partial charge in [-0.05, 0) is 30.2 Å². The summed E-state index contributed by atoms with van der Waals surface area (Å²) in [5.74, 6) is -1.33. The number of amides is 4. The van der Waals surface area contributed by atoms with Crippen molar-refractivity contribution in [3.8, 4) is 5.75 Å². The van der Waals surface area contributed by atoms with Crippen LogP contribution in [0.15, 0.2) is 48.5 Å². The van der Waals surface area contributed by atoms with Gasteiger partial charge < -0.3 is 29.9 Å². The molecule has 2 aromatic rings. The second kappa shape index (κ2) is 14.6. The van der Waals surface area contributed by atoms with E-state index in [9.17, 15) is 19.2 Å². The number of carbonyl (C=O) groups is 4. The molecule has 0 aliphatic carbocycles. The molecular formula is C30H39N5O6. The third kappa shape index (κ3) is 8.51. The molecule has 2 heterocycles. The van der Waals surface area contributed by atoms with Gasteiger partial charge in [0.05, 0.1) is 38.3 Å². The first-order valence-electron chi connectivity index (χ1n) is 14.0. The molecule has 11 heteroatoms. The molecule has 2 N–H and O–H groups in total. The molecule has 220 valence electrons. The second-order valence-corrected chi connectivity index (χ2v) is 10.2. The van der Waals surface area contributed by atoms with E-state index in [1.165, 1.54) is 11.9 Å². The Kier molecular flexibility index (Phi) is 10.7. The first kappa shape index (κ1) is 30.0. The number of carbonyl (C=O) groups excluding carboxylic acids is 4. The molecule has 0 aromatic heterocycles. The van der Waals surface area contributed by atoms with Crippen molar-refractivity contribution in [1.82, 2.24) is 25.3 Å². The fraction of sp³-hybridized carbons (Fsp3) is 0.467. The summed E-state index contributed by atoms with van der Waals surface area (Å²) in [6, 6.07) is 13.5. The SMILES string of the molecule is CCN1CCOc2ccccc2C(=O)N[C@H](C(=O)NCc2cccc(CN3CCOCC3)c2)CC(=O)N(C)CC1=O. The Morgan fingerprint density at radius 3 is 2.51 bits per heavy atom. The lowest BCUT2D eigenvalue weighted by molar-refractivity contribution is -0.140. The van der Waals surface area contributed by atoms with Gasteiger partial charge in [-0.2, -0.15) is 0 Å². The van der Waals surface area contributed by atoms with Crippen molar-refractivity contribution >= 4 is 23.6 Å². The largest absolute Gasteiger partial charge is 0.491 e. The molecule has 4 rings (SSSR count). The van der Waals surface area contributed by atoms with Crippen molar-refractivity contribution in [2.45, 2.75) is 32.5 Å². The van der Waals surface area contributed by atoms with Crippen LogP contribution >= 0.6 is 0 Å². The minimum atomic E-state index is -1.15. The van der Waals surface area contributed by atoms with Crippen LogP contribution in [0.3, 0.4) is 0 Å². The van der Waals surface area contributed by atoms with Crippen LogP contribution < -0.4 is 15.4 Å². The van der Waals surface area contributed by atoms with Gasteiger partial charge in [-0.25, -0.2) is 0 Å². The van der Waals surface area contributed by atoms with Gasteiger partial charge in [-0.15, -0.1) is 0 Å². The Bertz CT molecular complexity index is 1230. The molecule has 4 amide bonds. The molecule has 1 saturated heterocycles. The highest BCUT2D eigenvalue weighted by Gasteiger charge is 2.28. The summed E-state index contributed by atoms with van der Waals surface area (Å²) in [6.45, 7) is 6.87. The number of nitrogens with zero attached hydrogens (tertiary/aromatic N) is 3. The van der Waals surface area contributed by atoms with E-state index in [0.29, 0.717) is 18.8 Å². The highest BCUT2D eigenvalue weighted by Crippen LogP contribution is 2.19. The second-order valence-electron chi connectivity index (χ2n) is 10.2. The van der Waals surface area contributed by atoms with Crippen LogP contribution in [0.2, 0.25) is 0 Å². The molecule has 41 heavy (non-hydrogen) atoms. The van der Waals surface area contributed by atoms with Crippen molar-refractivity contribution in [3.05, 3.63) is 65.2 Å². The van der Waals surface area contributed by atoms with E-state index in [1.807, 2.05) is 31.2 Å². The van der Waals surface area contributed by atoms with Crippen molar-refractivity contribution in [2.24, 2.45) is 0 Å². The standard InChI is InChI=1S/C30H39N5O6/c1-3-35-13-16-41-26-10-5-4-9-24(26)29(38)32-25(18-27(36)33(2)21-28(35)37)30(39)31-19-22-7-6-8-23(17-22)20-34-11-14-40-15-12-34/h4-10,17,25H,3,11-16,18-21H2,1-2H3,(H,31,39)(H,32,38)/t25-/m0/s1. The van der Waals surface area contributed by atoms with Crippen molar-refractivity contribution in [2.75, 3.05) is 59.6 Å². The molecule has 1 atom stereocenters. The molecule has 2 aliphatic rings. The zero-order valence-electron chi connectivity index (χ0n) is 23.8. The molecule has 0 radical (unpaired) electrons. The summed E-state index contributed by atoms with van der Waals surface area (Å²) in [7, 11) is 1.52. The molecule has 1 fully saturated rings. The van der Waals surface area contributed by atoms with Gasteiger partial charge in [-0.3, -0.25) is 24.1 Å². The summed E-state index contributed by atoms with van der Waals surface area (Å²) in [5, 5.41) is 5.59. The number of likely N-dealkylation sites (N-methyl/N-ethyl adjacent to an activating group) is 2. The maximum Gasteiger partial charge on any atom is 0.255 e. The lowest BCUT2D eigenvalue weighted by atomic mass is 10.1. The summed E-state index contributed by atoms with van der Waals surface area (Å²) in [4.78, 5) is 57.7. The fourth-order valence-electron chi connectivity index (χ4n) is 4.84. The number of hydrogen-bond acceptors (Lipinski definition) is 7. The Morgan fingerprint density at radius 2 is 1.73 bits per heavy atom. The molecule has 2 aliphatic heterocycles. The number of rotatable bonds is 6. The molecule has 2 aromatic carbocycles. The molecule has 11 nitrogen and oxygen atoms in total. The monoisotopic (exact) mass is 565 g/mol. The predicted octanol–water partition coefficient (Wildman–Crippen LogP) is 1.02. The first-order chi connectivity index (χ1) is 19.8. The maximum absolute atomic E-state index is 13.4. The zero-order valence-corrected chi connectivity index (χ0v) is 23.8. The lowest BCUT2D eigenvalue weighted by Crippen LogP contribution is -2.50. The first-order valence-corrected chi connectivity index (χ1v) is 14.0. The Hall–Kier alpha value is -3.96. The van der Waals surface area contributed by atoms with Crippen LogP contribution in [-0.4, -0.2) is 104 Å². The topological polar surface area (TPSA) is 121 Å². The van der Waals surface area contributed by atoms with Crippen molar-refractivity contribution < 1.29 is 28.7 Å². The maximum atomic E-state index is 13.4. The van der Waals surface area contributed by atoms with E-state index in [1.54, 1.807) is 29.2 Å². The average molecular weight is 566 g/mol. The van der Waals surface area contributed by atoms with Crippen molar-refractivity contribution in [3.63, 3.8) is 0 Å². The Labute approximate surface area is 240 Å². The quantitative estimate of drug-likeness (QED) is 0.537. The Morgan fingerprint density at radius 1 is 0.976 bits per heavy atom. The van der Waals surface area contributed by atoms with E-state index in [-0.39, 0.29) is 37.6 Å². The third-order valence-corrected chi connectivity index (χ3v) is 7.25. The van der Waals surface area contributed by atoms with E-state index in [0.717, 1.165) is 44.0 Å². The van der Waals surface area contributed by atoms with E-state index in [4.69, 9.17) is 9.47 Å². The zero-order chi connectivity index (χ0) is 29.2. The number of para-hydroxylation sites is 1. The van der Waals surface area contributed by atoms with Gasteiger partial charge in [0, 0.05) is 39.8 Å². The summed E-state index contributed by atoms with van der Waals surface area (Å²) in [6.07, 6.45) is -0.298. The molecule has 0 saturated carbocycles. The number of morpholine rings is 1. The molecule has 0 bridgehead atoms. The van der Waals surface area contributed by atoms with Gasteiger partial charge in [0.25, 0.3) is 5.91 Å². The van der Waals surface area contributed by atoms with Gasteiger partial charge in [0.15, 0.2) is 0 Å². The lowest BCUT2D eigenvalue weighted by Gasteiger charge is -2.27. The van der Waals surface area contributed by atoms with E-state index >= 15 is 0 Å². The summed E-state index contributed by atoms with van der Waals surface area (Å²) in [5.41, 5.74) is 2.28. The van der Waals surface area contributed by atoms with E-state index < -0.39 is 23.8 Å². The number of fused-ring (bicyclic) bond motifs is 1. The van der Waals surface area contributed by atoms with Gasteiger partial charge in [0.1, 0.15) is 18.4 Å². The molecule has 0 unspecified atom stereocenters. The van der Waals surface area contributed by atoms with Crippen LogP contribution in [0.25, 0.3) is 0 Å². The van der Waals surface area contributed by atoms with Crippen LogP contribution in [0.5, 0.6) is 5.75 Å². The van der Waals surface area contributed by atoms with Gasteiger partial charge in [0.2, 0.25) is 17.7 Å². The highest BCUT2D eigenvalue weighted by atomic mass is 16.5. The average Bonchev–Trinajstić information content (AvgIpc) is 2.98. The van der Waals surface area contributed by atoms with Crippen LogP contribution in [0.1, 0.15) is 34.8 Å². The number of ether oxygens (including phenoxy) is 2. The van der Waals surface area contributed by atoms with Crippen molar-refractivity contribution in [1.29, 1.82) is 0 Å². The summed E-state index contributed by atoms with van der Waals surface area (Å²) < 4.78 is 11.3. The van der Waals surface area contributed by atoms with Crippen LogP contribution in [-0.2, 0) is 32.2 Å². The van der Waals surface area contributed by atoms with Gasteiger partial charge in [-0.1, -0.05) is 36.4 Å². The summed E-state index contributed by atoms with van der Waals surface area (Å²) >= 11 is 0. The Balaban J connectivity index is 1.48. The molecular weight excluding hydrogens is 526 g/mol.